The van der Waals surface area contributed by atoms with Crippen molar-refractivity contribution in [3.05, 3.63) is 15.6 Å². The number of halogens is 1. The summed E-state index contributed by atoms with van der Waals surface area (Å²) in [7, 11) is 1.83. The minimum Gasteiger partial charge on any atom is -0.382 e. The van der Waals surface area contributed by atoms with E-state index in [1.54, 1.807) is 11.3 Å². The Labute approximate surface area is 173 Å². The molecule has 25 heavy (non-hydrogen) atoms. The van der Waals surface area contributed by atoms with E-state index < -0.39 is 0 Å². The summed E-state index contributed by atoms with van der Waals surface area (Å²) in [6.07, 6.45) is 6.38. The molecule has 5 nitrogen and oxygen atoms in total. The van der Waals surface area contributed by atoms with E-state index in [1.165, 1.54) is 30.6 Å². The molecule has 0 radical (unpaired) electrons. The highest BCUT2D eigenvalue weighted by Crippen LogP contribution is 2.40. The molecule has 0 aromatic carbocycles. The van der Waals surface area contributed by atoms with Gasteiger partial charge in [0.05, 0.1) is 17.2 Å². The van der Waals surface area contributed by atoms with Crippen LogP contribution < -0.4 is 10.6 Å². The highest BCUT2D eigenvalue weighted by atomic mass is 127. The van der Waals surface area contributed by atoms with Crippen molar-refractivity contribution in [1.29, 1.82) is 0 Å². The van der Waals surface area contributed by atoms with Crippen molar-refractivity contribution < 1.29 is 4.74 Å². The summed E-state index contributed by atoms with van der Waals surface area (Å²) in [5.41, 5.74) is 1.48. The van der Waals surface area contributed by atoms with Gasteiger partial charge in [-0.05, 0) is 45.4 Å². The highest BCUT2D eigenvalue weighted by Gasteiger charge is 2.33. The maximum absolute atomic E-state index is 5.60. The first-order chi connectivity index (χ1) is 11.6. The normalized spacial score (nSPS) is 16.6. The van der Waals surface area contributed by atoms with E-state index in [2.05, 4.69) is 41.4 Å². The summed E-state index contributed by atoms with van der Waals surface area (Å²) in [4.78, 5) is 10.1. The number of guanidine groups is 1. The van der Waals surface area contributed by atoms with E-state index >= 15 is 0 Å². The molecule has 7 heteroatoms. The molecule has 1 aliphatic rings. The van der Waals surface area contributed by atoms with E-state index in [0.717, 1.165) is 49.4 Å². The van der Waals surface area contributed by atoms with Gasteiger partial charge in [-0.2, -0.15) is 0 Å². The summed E-state index contributed by atoms with van der Waals surface area (Å²) in [6, 6.07) is 0. The van der Waals surface area contributed by atoms with Crippen molar-refractivity contribution in [3.63, 3.8) is 0 Å². The van der Waals surface area contributed by atoms with Crippen LogP contribution in [0.15, 0.2) is 4.99 Å². The lowest BCUT2D eigenvalue weighted by Crippen LogP contribution is -2.43. The Hall–Kier alpha value is -0.410. The highest BCUT2D eigenvalue weighted by molar-refractivity contribution is 14.0. The predicted octanol–water partition coefficient (Wildman–Crippen LogP) is 4.03. The van der Waals surface area contributed by atoms with E-state index in [4.69, 9.17) is 4.74 Å². The van der Waals surface area contributed by atoms with Crippen molar-refractivity contribution in [2.24, 2.45) is 10.4 Å². The second-order valence-electron chi connectivity index (χ2n) is 6.67. The quantitative estimate of drug-likeness (QED) is 0.255. The fourth-order valence-electron chi connectivity index (χ4n) is 3.47. The van der Waals surface area contributed by atoms with Gasteiger partial charge in [0.15, 0.2) is 5.96 Å². The molecule has 0 bridgehead atoms. The zero-order chi connectivity index (χ0) is 17.4. The fraction of sp³-hybridized carbons (Fsp3) is 0.778. The van der Waals surface area contributed by atoms with E-state index in [9.17, 15) is 0 Å². The van der Waals surface area contributed by atoms with Gasteiger partial charge >= 0.3 is 0 Å². The standard InChI is InChI=1S/C18H32N4OS.HI/c1-5-23-11-10-18(8-6-7-9-18)13-21-17(19-4)20-12-16-14(2)22-15(3)24-16;/h5-13H2,1-4H3,(H2,19,20,21);1H. The van der Waals surface area contributed by atoms with Crippen LogP contribution in [0.4, 0.5) is 0 Å². The number of thiazole rings is 1. The lowest BCUT2D eigenvalue weighted by Gasteiger charge is -2.30. The van der Waals surface area contributed by atoms with Crippen LogP contribution in [0.5, 0.6) is 0 Å². The lowest BCUT2D eigenvalue weighted by atomic mass is 9.83. The van der Waals surface area contributed by atoms with Gasteiger partial charge in [-0.3, -0.25) is 4.99 Å². The molecule has 1 fully saturated rings. The molecule has 1 aromatic rings. The van der Waals surface area contributed by atoms with Crippen molar-refractivity contribution in [2.45, 2.75) is 59.4 Å². The third kappa shape index (κ3) is 7.02. The van der Waals surface area contributed by atoms with Crippen LogP contribution >= 0.6 is 35.3 Å². The number of rotatable bonds is 8. The summed E-state index contributed by atoms with van der Waals surface area (Å²) in [5.74, 6) is 0.878. The van der Waals surface area contributed by atoms with Crippen LogP contribution in [0.1, 0.15) is 54.6 Å². The van der Waals surface area contributed by atoms with Gasteiger partial charge in [0.1, 0.15) is 0 Å². The molecule has 0 atom stereocenters. The maximum Gasteiger partial charge on any atom is 0.191 e. The first-order valence-electron chi connectivity index (χ1n) is 9.04. The van der Waals surface area contributed by atoms with Crippen LogP contribution in [0, 0.1) is 19.3 Å². The van der Waals surface area contributed by atoms with Crippen molar-refractivity contribution in [2.75, 3.05) is 26.8 Å². The Morgan fingerprint density at radius 2 is 2.00 bits per heavy atom. The Kier molecular flexibility index (Phi) is 10.3. The zero-order valence-corrected chi connectivity index (χ0v) is 19.1. The molecule has 0 spiro atoms. The monoisotopic (exact) mass is 480 g/mol. The molecule has 2 rings (SSSR count). The minimum atomic E-state index is 0. The Morgan fingerprint density at radius 3 is 2.56 bits per heavy atom. The van der Waals surface area contributed by atoms with Gasteiger partial charge in [0.2, 0.25) is 0 Å². The molecule has 144 valence electrons. The molecular formula is C18H33IN4OS. The van der Waals surface area contributed by atoms with Crippen molar-refractivity contribution >= 4 is 41.3 Å². The Morgan fingerprint density at radius 1 is 1.28 bits per heavy atom. The number of aromatic nitrogens is 1. The topological polar surface area (TPSA) is 58.5 Å². The van der Waals surface area contributed by atoms with E-state index in [-0.39, 0.29) is 24.0 Å². The molecular weight excluding hydrogens is 447 g/mol. The van der Waals surface area contributed by atoms with Gasteiger partial charge in [-0.1, -0.05) is 12.8 Å². The van der Waals surface area contributed by atoms with Crippen molar-refractivity contribution in [3.8, 4) is 0 Å². The van der Waals surface area contributed by atoms with E-state index in [0.29, 0.717) is 5.41 Å². The molecule has 1 aromatic heterocycles. The maximum atomic E-state index is 5.60. The van der Waals surface area contributed by atoms with Gasteiger partial charge < -0.3 is 15.4 Å². The zero-order valence-electron chi connectivity index (χ0n) is 16.0. The van der Waals surface area contributed by atoms with Crippen LogP contribution in [0.25, 0.3) is 0 Å². The van der Waals surface area contributed by atoms with Gasteiger partial charge in [-0.25, -0.2) is 4.98 Å². The molecule has 1 saturated carbocycles. The van der Waals surface area contributed by atoms with E-state index in [1.807, 2.05) is 7.05 Å². The molecule has 0 unspecified atom stereocenters. The Bertz CT molecular complexity index is 541. The number of hydrogen-bond acceptors (Lipinski definition) is 4. The van der Waals surface area contributed by atoms with Crippen LogP contribution in [0.2, 0.25) is 0 Å². The summed E-state index contributed by atoms with van der Waals surface area (Å²) < 4.78 is 5.60. The second kappa shape index (κ2) is 11.3. The smallest absolute Gasteiger partial charge is 0.191 e. The van der Waals surface area contributed by atoms with Gasteiger partial charge in [-0.15, -0.1) is 35.3 Å². The number of aryl methyl sites for hydroxylation is 2. The molecule has 1 heterocycles. The molecule has 1 aliphatic carbocycles. The summed E-state index contributed by atoms with van der Waals surface area (Å²) >= 11 is 1.75. The second-order valence-corrected chi connectivity index (χ2v) is 7.96. The first-order valence-corrected chi connectivity index (χ1v) is 9.85. The third-order valence-corrected chi connectivity index (χ3v) is 5.99. The molecule has 0 aliphatic heterocycles. The molecule has 2 N–H and O–H groups in total. The summed E-state index contributed by atoms with van der Waals surface area (Å²) in [5, 5.41) is 8.09. The SMILES string of the molecule is CCOCCC1(CNC(=NC)NCc2sc(C)nc2C)CCCC1.I. The predicted molar refractivity (Wildman–Crippen MR) is 117 cm³/mol. The molecule has 0 saturated heterocycles. The Balaban J connectivity index is 0.00000312. The third-order valence-electron chi connectivity index (χ3n) is 4.92. The number of hydrogen-bond donors (Lipinski definition) is 2. The summed E-state index contributed by atoms with van der Waals surface area (Å²) in [6.45, 7) is 9.61. The van der Waals surface area contributed by atoms with Crippen LogP contribution in [0.3, 0.4) is 0 Å². The first kappa shape index (κ1) is 22.6. The molecule has 0 amide bonds. The van der Waals surface area contributed by atoms with Crippen molar-refractivity contribution in [1.82, 2.24) is 15.6 Å². The average molecular weight is 480 g/mol. The van der Waals surface area contributed by atoms with Crippen LogP contribution in [-0.4, -0.2) is 37.7 Å². The minimum absolute atomic E-state index is 0. The van der Waals surface area contributed by atoms with Crippen LogP contribution in [-0.2, 0) is 11.3 Å². The fourth-order valence-corrected chi connectivity index (χ4v) is 4.34. The van der Waals surface area contributed by atoms with Gasteiger partial charge in [0, 0.05) is 31.7 Å². The largest absolute Gasteiger partial charge is 0.382 e. The average Bonchev–Trinajstić information content (AvgIpc) is 3.15. The number of nitrogens with one attached hydrogen (secondary N) is 2. The lowest BCUT2D eigenvalue weighted by molar-refractivity contribution is 0.105. The number of nitrogens with zero attached hydrogens (tertiary/aromatic N) is 2. The van der Waals surface area contributed by atoms with Gasteiger partial charge in [0.25, 0.3) is 0 Å². The number of ether oxygens (including phenoxy) is 1. The number of aliphatic imine (C=N–C) groups is 1.